The molecule has 0 bridgehead atoms. The Kier molecular flexibility index (Phi) is 4.30. The molecule has 26 heavy (non-hydrogen) atoms. The van der Waals surface area contributed by atoms with Gasteiger partial charge in [0.15, 0.2) is 0 Å². The van der Waals surface area contributed by atoms with Crippen molar-refractivity contribution in [3.63, 3.8) is 0 Å². The fourth-order valence-corrected chi connectivity index (χ4v) is 3.39. The SMILES string of the molecule is Cn1cc([C@@H](NC(=O)c2ccc(-n3cccn3)cc2)C2CC(O)C2)cn1. The lowest BCUT2D eigenvalue weighted by Crippen LogP contribution is -2.41. The van der Waals surface area contributed by atoms with Crippen molar-refractivity contribution >= 4 is 5.91 Å². The molecule has 0 unspecified atom stereocenters. The molecule has 134 valence electrons. The molecule has 1 aromatic carbocycles. The molecule has 2 aromatic heterocycles. The van der Waals surface area contributed by atoms with Crippen molar-refractivity contribution in [1.82, 2.24) is 24.9 Å². The van der Waals surface area contributed by atoms with E-state index in [2.05, 4.69) is 15.5 Å². The molecule has 1 fully saturated rings. The van der Waals surface area contributed by atoms with Gasteiger partial charge in [0.25, 0.3) is 5.91 Å². The van der Waals surface area contributed by atoms with Gasteiger partial charge in [0.1, 0.15) is 0 Å². The highest BCUT2D eigenvalue weighted by atomic mass is 16.3. The highest BCUT2D eigenvalue weighted by molar-refractivity contribution is 5.94. The highest BCUT2D eigenvalue weighted by Crippen LogP contribution is 2.38. The molecular weight excluding hydrogens is 330 g/mol. The van der Waals surface area contributed by atoms with Gasteiger partial charge in [0.05, 0.1) is 24.0 Å². The molecule has 3 aromatic rings. The number of benzene rings is 1. The zero-order chi connectivity index (χ0) is 18.1. The minimum atomic E-state index is -0.274. The molecule has 4 rings (SSSR count). The first-order valence-electron chi connectivity index (χ1n) is 8.67. The maximum absolute atomic E-state index is 12.7. The van der Waals surface area contributed by atoms with Crippen LogP contribution in [0.15, 0.2) is 55.1 Å². The summed E-state index contributed by atoms with van der Waals surface area (Å²) in [5, 5.41) is 21.2. The number of carbonyl (C=O) groups is 1. The molecule has 1 aliphatic rings. The van der Waals surface area contributed by atoms with Crippen LogP contribution >= 0.6 is 0 Å². The van der Waals surface area contributed by atoms with Gasteiger partial charge in [-0.3, -0.25) is 9.48 Å². The molecule has 1 aliphatic carbocycles. The minimum absolute atomic E-state index is 0.132. The zero-order valence-electron chi connectivity index (χ0n) is 14.5. The van der Waals surface area contributed by atoms with Gasteiger partial charge in [-0.25, -0.2) is 4.68 Å². The smallest absolute Gasteiger partial charge is 0.251 e. The van der Waals surface area contributed by atoms with Crippen LogP contribution in [0.2, 0.25) is 0 Å². The summed E-state index contributed by atoms with van der Waals surface area (Å²) in [6.45, 7) is 0. The second kappa shape index (κ2) is 6.76. The summed E-state index contributed by atoms with van der Waals surface area (Å²) in [6, 6.07) is 9.03. The van der Waals surface area contributed by atoms with Crippen molar-refractivity contribution in [2.24, 2.45) is 13.0 Å². The topological polar surface area (TPSA) is 85.0 Å². The van der Waals surface area contributed by atoms with E-state index in [4.69, 9.17) is 0 Å². The lowest BCUT2D eigenvalue weighted by atomic mass is 9.75. The number of carbonyl (C=O) groups excluding carboxylic acids is 1. The summed E-state index contributed by atoms with van der Waals surface area (Å²) in [7, 11) is 1.85. The summed E-state index contributed by atoms with van der Waals surface area (Å²) < 4.78 is 3.47. The van der Waals surface area contributed by atoms with Crippen molar-refractivity contribution in [2.45, 2.75) is 25.0 Å². The minimum Gasteiger partial charge on any atom is -0.393 e. The Hall–Kier alpha value is -2.93. The first-order valence-corrected chi connectivity index (χ1v) is 8.67. The van der Waals surface area contributed by atoms with Crippen LogP contribution in [-0.4, -0.2) is 36.7 Å². The van der Waals surface area contributed by atoms with Crippen LogP contribution in [0, 0.1) is 5.92 Å². The number of aliphatic hydroxyl groups excluding tert-OH is 1. The molecule has 0 spiro atoms. The van der Waals surface area contributed by atoms with E-state index in [0.717, 1.165) is 11.3 Å². The molecule has 0 saturated heterocycles. The van der Waals surface area contributed by atoms with E-state index in [0.29, 0.717) is 18.4 Å². The summed E-state index contributed by atoms with van der Waals surface area (Å²) in [4.78, 5) is 12.7. The maximum atomic E-state index is 12.7. The average Bonchev–Trinajstić information content (AvgIpc) is 3.29. The third kappa shape index (κ3) is 3.25. The maximum Gasteiger partial charge on any atom is 0.251 e. The van der Waals surface area contributed by atoms with Gasteiger partial charge in [0.2, 0.25) is 0 Å². The van der Waals surface area contributed by atoms with E-state index in [1.54, 1.807) is 33.9 Å². The van der Waals surface area contributed by atoms with Crippen LogP contribution < -0.4 is 5.32 Å². The Labute approximate surface area is 151 Å². The van der Waals surface area contributed by atoms with Crippen molar-refractivity contribution in [3.8, 4) is 5.69 Å². The molecule has 0 radical (unpaired) electrons. The number of aliphatic hydroxyl groups is 1. The lowest BCUT2D eigenvalue weighted by molar-refractivity contribution is 0.0235. The van der Waals surface area contributed by atoms with E-state index in [1.165, 1.54) is 0 Å². The number of nitrogens with zero attached hydrogens (tertiary/aromatic N) is 4. The lowest BCUT2D eigenvalue weighted by Gasteiger charge is -2.37. The monoisotopic (exact) mass is 351 g/mol. The summed E-state index contributed by atoms with van der Waals surface area (Å²) >= 11 is 0. The van der Waals surface area contributed by atoms with Crippen LogP contribution in [0.3, 0.4) is 0 Å². The van der Waals surface area contributed by atoms with Gasteiger partial charge in [0, 0.05) is 36.8 Å². The van der Waals surface area contributed by atoms with Gasteiger partial charge in [-0.05, 0) is 49.1 Å². The highest BCUT2D eigenvalue weighted by Gasteiger charge is 2.36. The summed E-state index contributed by atoms with van der Waals surface area (Å²) in [5.41, 5.74) is 2.46. The van der Waals surface area contributed by atoms with Crippen molar-refractivity contribution in [1.29, 1.82) is 0 Å². The number of aromatic nitrogens is 4. The Balaban J connectivity index is 1.51. The van der Waals surface area contributed by atoms with Crippen LogP contribution in [0.25, 0.3) is 5.69 Å². The molecule has 7 nitrogen and oxygen atoms in total. The Morgan fingerprint density at radius 3 is 2.62 bits per heavy atom. The Morgan fingerprint density at radius 1 is 1.27 bits per heavy atom. The number of rotatable bonds is 5. The van der Waals surface area contributed by atoms with E-state index in [1.807, 2.05) is 37.6 Å². The van der Waals surface area contributed by atoms with Crippen LogP contribution in [0.5, 0.6) is 0 Å². The van der Waals surface area contributed by atoms with E-state index < -0.39 is 0 Å². The van der Waals surface area contributed by atoms with Crippen LogP contribution in [-0.2, 0) is 7.05 Å². The van der Waals surface area contributed by atoms with Gasteiger partial charge in [-0.15, -0.1) is 0 Å². The predicted molar refractivity (Wildman–Crippen MR) is 95.7 cm³/mol. The number of amides is 1. The molecule has 1 atom stereocenters. The molecule has 2 N–H and O–H groups in total. The largest absolute Gasteiger partial charge is 0.393 e. The average molecular weight is 351 g/mol. The van der Waals surface area contributed by atoms with Gasteiger partial charge >= 0.3 is 0 Å². The standard InChI is InChI=1S/C19H21N5O2/c1-23-12-15(11-21-23)18(14-9-17(25)10-14)22-19(26)13-3-5-16(6-4-13)24-8-2-7-20-24/h2-8,11-12,14,17-18,25H,9-10H2,1H3,(H,22,26)/t14?,17?,18-/m0/s1. The summed E-state index contributed by atoms with van der Waals surface area (Å²) in [5.74, 6) is 0.0914. The van der Waals surface area contributed by atoms with Crippen molar-refractivity contribution in [3.05, 3.63) is 66.2 Å². The molecular formula is C19H21N5O2. The number of hydrogen-bond donors (Lipinski definition) is 2. The van der Waals surface area contributed by atoms with Gasteiger partial charge < -0.3 is 10.4 Å². The number of hydrogen-bond acceptors (Lipinski definition) is 4. The predicted octanol–water partition coefficient (Wildman–Crippen LogP) is 1.85. The van der Waals surface area contributed by atoms with Crippen molar-refractivity contribution in [2.75, 3.05) is 0 Å². The fourth-order valence-electron chi connectivity index (χ4n) is 3.39. The molecule has 1 saturated carbocycles. The van der Waals surface area contributed by atoms with Gasteiger partial charge in [-0.2, -0.15) is 10.2 Å². The zero-order valence-corrected chi connectivity index (χ0v) is 14.5. The molecule has 2 heterocycles. The summed E-state index contributed by atoms with van der Waals surface area (Å²) in [6.07, 6.45) is 8.37. The second-order valence-electron chi connectivity index (χ2n) is 6.78. The molecule has 7 heteroatoms. The van der Waals surface area contributed by atoms with Crippen LogP contribution in [0.1, 0.15) is 34.8 Å². The quantitative estimate of drug-likeness (QED) is 0.735. The number of nitrogens with one attached hydrogen (secondary N) is 1. The molecule has 1 amide bonds. The van der Waals surface area contributed by atoms with Gasteiger partial charge in [-0.1, -0.05) is 0 Å². The molecule has 0 aliphatic heterocycles. The van der Waals surface area contributed by atoms with E-state index in [9.17, 15) is 9.90 Å². The van der Waals surface area contributed by atoms with E-state index >= 15 is 0 Å². The normalized spacial score (nSPS) is 20.4. The first-order chi connectivity index (χ1) is 12.6. The first kappa shape index (κ1) is 16.5. The third-order valence-electron chi connectivity index (χ3n) is 4.89. The fraction of sp³-hybridized carbons (Fsp3) is 0.316. The number of aryl methyl sites for hydroxylation is 1. The second-order valence-corrected chi connectivity index (χ2v) is 6.78. The van der Waals surface area contributed by atoms with Crippen LogP contribution in [0.4, 0.5) is 0 Å². The Bertz CT molecular complexity index is 879. The third-order valence-corrected chi connectivity index (χ3v) is 4.89. The van der Waals surface area contributed by atoms with Crippen molar-refractivity contribution < 1.29 is 9.90 Å². The Morgan fingerprint density at radius 2 is 2.04 bits per heavy atom. The van der Waals surface area contributed by atoms with E-state index in [-0.39, 0.29) is 24.0 Å².